The molecule has 0 spiro atoms. The summed E-state index contributed by atoms with van der Waals surface area (Å²) in [5, 5.41) is 2.82. The maximum absolute atomic E-state index is 12.0. The molecule has 0 aromatic heterocycles. The van der Waals surface area contributed by atoms with Crippen molar-refractivity contribution in [1.82, 2.24) is 5.32 Å². The van der Waals surface area contributed by atoms with Gasteiger partial charge in [-0.25, -0.2) is 0 Å². The number of amides is 1. The normalized spacial score (nSPS) is 12.0. The van der Waals surface area contributed by atoms with E-state index in [-0.39, 0.29) is 17.9 Å². The van der Waals surface area contributed by atoms with E-state index in [9.17, 15) is 4.79 Å². The van der Waals surface area contributed by atoms with E-state index >= 15 is 0 Å². The fraction of sp³-hybridized carbons (Fsp3) is 0.385. The fourth-order valence-corrected chi connectivity index (χ4v) is 1.86. The SMILES string of the molecule is COc1ccc(C(=O)NC(C(N)=S)C(C)C)cc1. The number of nitrogens with two attached hydrogens (primary N) is 1. The van der Waals surface area contributed by atoms with Crippen molar-refractivity contribution in [2.45, 2.75) is 19.9 Å². The third-order valence-corrected chi connectivity index (χ3v) is 2.87. The summed E-state index contributed by atoms with van der Waals surface area (Å²) in [4.78, 5) is 12.3. The Kier molecular flexibility index (Phi) is 5.09. The van der Waals surface area contributed by atoms with Crippen LogP contribution in [0.2, 0.25) is 0 Å². The van der Waals surface area contributed by atoms with Crippen molar-refractivity contribution in [2.75, 3.05) is 7.11 Å². The van der Waals surface area contributed by atoms with E-state index in [2.05, 4.69) is 5.32 Å². The molecule has 1 aromatic rings. The number of hydrogen-bond acceptors (Lipinski definition) is 3. The van der Waals surface area contributed by atoms with Gasteiger partial charge in [0.25, 0.3) is 5.91 Å². The van der Waals surface area contributed by atoms with E-state index in [4.69, 9.17) is 22.7 Å². The number of methoxy groups -OCH3 is 1. The summed E-state index contributed by atoms with van der Waals surface area (Å²) in [6.07, 6.45) is 0. The van der Waals surface area contributed by atoms with Crippen LogP contribution in [-0.2, 0) is 0 Å². The minimum Gasteiger partial charge on any atom is -0.497 e. The zero-order valence-corrected chi connectivity index (χ0v) is 11.6. The van der Waals surface area contributed by atoms with Gasteiger partial charge in [0.05, 0.1) is 18.1 Å². The van der Waals surface area contributed by atoms with Crippen LogP contribution in [0.4, 0.5) is 0 Å². The van der Waals surface area contributed by atoms with Crippen LogP contribution in [0.25, 0.3) is 0 Å². The summed E-state index contributed by atoms with van der Waals surface area (Å²) in [5.41, 5.74) is 6.16. The fourth-order valence-electron chi connectivity index (χ4n) is 1.53. The van der Waals surface area contributed by atoms with Gasteiger partial charge in [-0.15, -0.1) is 0 Å². The topological polar surface area (TPSA) is 64.3 Å². The molecule has 0 aliphatic heterocycles. The quantitative estimate of drug-likeness (QED) is 0.797. The molecule has 0 aliphatic carbocycles. The third kappa shape index (κ3) is 3.70. The van der Waals surface area contributed by atoms with Gasteiger partial charge in [0.2, 0.25) is 0 Å². The molecule has 1 rings (SSSR count). The molecular formula is C13H18N2O2S. The molecule has 0 aliphatic rings. The van der Waals surface area contributed by atoms with E-state index in [1.807, 2.05) is 13.8 Å². The summed E-state index contributed by atoms with van der Waals surface area (Å²) in [5.74, 6) is 0.676. The average Bonchev–Trinajstić information content (AvgIpc) is 2.35. The van der Waals surface area contributed by atoms with Crippen LogP contribution in [0, 0.1) is 5.92 Å². The van der Waals surface area contributed by atoms with Gasteiger partial charge in [-0.05, 0) is 30.2 Å². The highest BCUT2D eigenvalue weighted by Crippen LogP contribution is 2.12. The number of hydrogen-bond donors (Lipinski definition) is 2. The molecule has 0 saturated carbocycles. The first kappa shape index (κ1) is 14.4. The highest BCUT2D eigenvalue weighted by molar-refractivity contribution is 7.80. The lowest BCUT2D eigenvalue weighted by Crippen LogP contribution is -2.46. The maximum atomic E-state index is 12.0. The van der Waals surface area contributed by atoms with Crippen LogP contribution in [-0.4, -0.2) is 24.0 Å². The molecule has 0 heterocycles. The molecule has 18 heavy (non-hydrogen) atoms. The molecule has 4 nitrogen and oxygen atoms in total. The lowest BCUT2D eigenvalue weighted by atomic mass is 10.0. The summed E-state index contributed by atoms with van der Waals surface area (Å²) >= 11 is 4.94. The van der Waals surface area contributed by atoms with Gasteiger partial charge in [0.15, 0.2) is 0 Å². The molecule has 3 N–H and O–H groups in total. The molecule has 0 fully saturated rings. The van der Waals surface area contributed by atoms with E-state index < -0.39 is 0 Å². The molecule has 1 amide bonds. The third-order valence-electron chi connectivity index (χ3n) is 2.61. The van der Waals surface area contributed by atoms with Crippen molar-refractivity contribution in [3.63, 3.8) is 0 Å². The number of nitrogens with one attached hydrogen (secondary N) is 1. The second kappa shape index (κ2) is 6.35. The smallest absolute Gasteiger partial charge is 0.251 e. The van der Waals surface area contributed by atoms with Gasteiger partial charge in [0.1, 0.15) is 5.75 Å². The Morgan fingerprint density at radius 1 is 1.33 bits per heavy atom. The number of ether oxygens (including phenoxy) is 1. The van der Waals surface area contributed by atoms with Crippen molar-refractivity contribution in [2.24, 2.45) is 11.7 Å². The summed E-state index contributed by atoms with van der Waals surface area (Å²) in [6, 6.07) is 6.57. The molecule has 1 unspecified atom stereocenters. The van der Waals surface area contributed by atoms with Gasteiger partial charge in [-0.1, -0.05) is 26.1 Å². The van der Waals surface area contributed by atoms with Crippen LogP contribution in [0.15, 0.2) is 24.3 Å². The van der Waals surface area contributed by atoms with E-state index in [0.717, 1.165) is 0 Å². The van der Waals surface area contributed by atoms with Gasteiger partial charge in [-0.2, -0.15) is 0 Å². The number of benzene rings is 1. The van der Waals surface area contributed by atoms with Crippen molar-refractivity contribution < 1.29 is 9.53 Å². The lowest BCUT2D eigenvalue weighted by Gasteiger charge is -2.21. The Morgan fingerprint density at radius 3 is 2.28 bits per heavy atom. The standard InChI is InChI=1S/C13H18N2O2S/c1-8(2)11(12(14)18)15-13(16)9-4-6-10(17-3)7-5-9/h4-8,11H,1-3H3,(H2,14,18)(H,15,16). The Bertz CT molecular complexity index is 429. The average molecular weight is 266 g/mol. The van der Waals surface area contributed by atoms with Crippen molar-refractivity contribution in [3.05, 3.63) is 29.8 Å². The Morgan fingerprint density at radius 2 is 1.89 bits per heavy atom. The van der Waals surface area contributed by atoms with E-state index in [0.29, 0.717) is 16.3 Å². The minimum atomic E-state index is -0.297. The Labute approximate surface area is 113 Å². The van der Waals surface area contributed by atoms with Crippen LogP contribution in [0.3, 0.4) is 0 Å². The van der Waals surface area contributed by atoms with Gasteiger partial charge in [0, 0.05) is 5.56 Å². The number of rotatable bonds is 5. The first-order chi connectivity index (χ1) is 8.45. The van der Waals surface area contributed by atoms with Crippen molar-refractivity contribution in [3.8, 4) is 5.75 Å². The van der Waals surface area contributed by atoms with Crippen LogP contribution >= 0.6 is 12.2 Å². The largest absolute Gasteiger partial charge is 0.497 e. The lowest BCUT2D eigenvalue weighted by molar-refractivity contribution is 0.0940. The predicted octanol–water partition coefficient (Wildman–Crippen LogP) is 1.74. The van der Waals surface area contributed by atoms with Crippen LogP contribution in [0.5, 0.6) is 5.75 Å². The molecule has 0 saturated heterocycles. The first-order valence-corrected chi connectivity index (χ1v) is 6.10. The first-order valence-electron chi connectivity index (χ1n) is 5.70. The van der Waals surface area contributed by atoms with E-state index in [1.165, 1.54) is 0 Å². The zero-order chi connectivity index (χ0) is 13.7. The molecule has 1 atom stereocenters. The Hall–Kier alpha value is -1.62. The molecule has 1 aromatic carbocycles. The second-order valence-corrected chi connectivity index (χ2v) is 4.80. The van der Waals surface area contributed by atoms with Crippen LogP contribution < -0.4 is 15.8 Å². The molecular weight excluding hydrogens is 248 g/mol. The summed E-state index contributed by atoms with van der Waals surface area (Å²) < 4.78 is 5.03. The monoisotopic (exact) mass is 266 g/mol. The minimum absolute atomic E-state index is 0.157. The second-order valence-electron chi connectivity index (χ2n) is 4.33. The van der Waals surface area contributed by atoms with Gasteiger partial charge < -0.3 is 15.8 Å². The highest BCUT2D eigenvalue weighted by atomic mass is 32.1. The molecule has 0 radical (unpaired) electrons. The zero-order valence-electron chi connectivity index (χ0n) is 10.8. The number of carbonyl (C=O) groups excluding carboxylic acids is 1. The van der Waals surface area contributed by atoms with Crippen LogP contribution in [0.1, 0.15) is 24.2 Å². The van der Waals surface area contributed by atoms with Gasteiger partial charge in [-0.3, -0.25) is 4.79 Å². The molecule has 5 heteroatoms. The maximum Gasteiger partial charge on any atom is 0.251 e. The number of carbonyl (C=O) groups is 1. The number of thiocarbonyl (C=S) groups is 1. The summed E-state index contributed by atoms with van der Waals surface area (Å²) in [7, 11) is 1.58. The van der Waals surface area contributed by atoms with Crippen molar-refractivity contribution in [1.29, 1.82) is 0 Å². The summed E-state index contributed by atoms with van der Waals surface area (Å²) in [6.45, 7) is 3.91. The molecule has 0 bridgehead atoms. The van der Waals surface area contributed by atoms with Gasteiger partial charge >= 0.3 is 0 Å². The van der Waals surface area contributed by atoms with E-state index in [1.54, 1.807) is 31.4 Å². The highest BCUT2D eigenvalue weighted by Gasteiger charge is 2.19. The Balaban J connectivity index is 2.77. The predicted molar refractivity (Wildman–Crippen MR) is 75.9 cm³/mol. The van der Waals surface area contributed by atoms with Crippen molar-refractivity contribution >= 4 is 23.1 Å². The molecule has 98 valence electrons.